The van der Waals surface area contributed by atoms with Gasteiger partial charge in [0.2, 0.25) is 5.91 Å². The van der Waals surface area contributed by atoms with E-state index in [4.69, 9.17) is 14.6 Å². The van der Waals surface area contributed by atoms with E-state index in [1.807, 2.05) is 48.5 Å². The molecule has 1 fully saturated rings. The summed E-state index contributed by atoms with van der Waals surface area (Å²) in [4.78, 5) is 38.7. The molecule has 35 heavy (non-hydrogen) atoms. The van der Waals surface area contributed by atoms with Crippen molar-refractivity contribution in [1.29, 1.82) is 0 Å². The summed E-state index contributed by atoms with van der Waals surface area (Å²) >= 11 is 0. The minimum absolute atomic E-state index is 0.0679. The van der Waals surface area contributed by atoms with Gasteiger partial charge in [0.15, 0.2) is 0 Å². The second-order valence-corrected chi connectivity index (χ2v) is 8.73. The van der Waals surface area contributed by atoms with Crippen molar-refractivity contribution in [2.75, 3.05) is 33.0 Å². The molecule has 1 heterocycles. The Labute approximate surface area is 203 Å². The molecule has 2 atom stereocenters. The summed E-state index contributed by atoms with van der Waals surface area (Å²) in [7, 11) is 0. The molecule has 1 aliphatic heterocycles. The number of carboxylic acid groups (broad SMARTS) is 1. The van der Waals surface area contributed by atoms with E-state index in [2.05, 4.69) is 5.32 Å². The standard InChI is InChI=1S/C26H30N2O7/c29-13-11-17-15-34-14-12-28(17)25(32)23(9-10-24(30)31)27-26(33)35-16-22-20-7-3-1-5-18(20)19-6-2-4-8-21(19)22/h1-8,17,22-23,29H,9-16H2,(H,27,33)(H,30,31). The molecule has 2 aromatic rings. The number of carbonyl (C=O) groups excluding carboxylic acids is 2. The monoisotopic (exact) mass is 482 g/mol. The first-order valence-corrected chi connectivity index (χ1v) is 11.8. The molecule has 0 aromatic heterocycles. The summed E-state index contributed by atoms with van der Waals surface area (Å²) in [5.74, 6) is -1.60. The fourth-order valence-electron chi connectivity index (χ4n) is 4.84. The molecule has 0 saturated carbocycles. The number of hydrogen-bond acceptors (Lipinski definition) is 6. The Balaban J connectivity index is 1.44. The van der Waals surface area contributed by atoms with Crippen LogP contribution in [0.1, 0.15) is 36.3 Å². The van der Waals surface area contributed by atoms with E-state index in [0.29, 0.717) is 19.6 Å². The summed E-state index contributed by atoms with van der Waals surface area (Å²) in [6.07, 6.45) is -0.790. The van der Waals surface area contributed by atoms with Crippen molar-refractivity contribution < 1.29 is 34.1 Å². The van der Waals surface area contributed by atoms with Gasteiger partial charge in [-0.2, -0.15) is 0 Å². The van der Waals surface area contributed by atoms with Crippen molar-refractivity contribution in [2.45, 2.75) is 37.3 Å². The number of aliphatic hydroxyl groups is 1. The summed E-state index contributed by atoms with van der Waals surface area (Å²) in [6, 6.07) is 14.6. The predicted octanol–water partition coefficient (Wildman–Crippen LogP) is 2.37. The first kappa shape index (κ1) is 24.7. The van der Waals surface area contributed by atoms with Crippen LogP contribution in [0.15, 0.2) is 48.5 Å². The average Bonchev–Trinajstić information content (AvgIpc) is 3.19. The van der Waals surface area contributed by atoms with Gasteiger partial charge >= 0.3 is 12.1 Å². The van der Waals surface area contributed by atoms with Gasteiger partial charge in [0.05, 0.1) is 19.3 Å². The van der Waals surface area contributed by atoms with Crippen molar-refractivity contribution in [3.8, 4) is 11.1 Å². The van der Waals surface area contributed by atoms with Gasteiger partial charge in [-0.25, -0.2) is 4.79 Å². The van der Waals surface area contributed by atoms with E-state index < -0.39 is 24.0 Å². The Morgan fingerprint density at radius 3 is 2.37 bits per heavy atom. The number of ether oxygens (including phenoxy) is 2. The van der Waals surface area contributed by atoms with Crippen LogP contribution in [0.3, 0.4) is 0 Å². The number of amides is 2. The molecule has 2 aliphatic rings. The highest BCUT2D eigenvalue weighted by Gasteiger charge is 2.34. The number of fused-ring (bicyclic) bond motifs is 3. The summed E-state index contributed by atoms with van der Waals surface area (Å²) in [6.45, 7) is 0.897. The average molecular weight is 483 g/mol. The normalized spacial score (nSPS) is 17.9. The first-order chi connectivity index (χ1) is 17.0. The second kappa shape index (κ2) is 11.3. The lowest BCUT2D eigenvalue weighted by atomic mass is 9.98. The number of carbonyl (C=O) groups is 3. The lowest BCUT2D eigenvalue weighted by molar-refractivity contribution is -0.143. The van der Waals surface area contributed by atoms with Crippen LogP contribution >= 0.6 is 0 Å². The van der Waals surface area contributed by atoms with Crippen molar-refractivity contribution in [3.63, 3.8) is 0 Å². The van der Waals surface area contributed by atoms with Crippen LogP contribution in [0, 0.1) is 0 Å². The minimum atomic E-state index is -1.06. The number of alkyl carbamates (subject to hydrolysis) is 1. The van der Waals surface area contributed by atoms with Crippen LogP contribution < -0.4 is 5.32 Å². The molecule has 2 aromatic carbocycles. The predicted molar refractivity (Wildman–Crippen MR) is 127 cm³/mol. The Hall–Kier alpha value is -3.43. The molecule has 2 unspecified atom stereocenters. The second-order valence-electron chi connectivity index (χ2n) is 8.73. The lowest BCUT2D eigenvalue weighted by Gasteiger charge is -2.37. The van der Waals surface area contributed by atoms with Crippen LogP contribution in [0.25, 0.3) is 11.1 Å². The topological polar surface area (TPSA) is 125 Å². The summed E-state index contributed by atoms with van der Waals surface area (Å²) in [5, 5.41) is 21.1. The Kier molecular flexibility index (Phi) is 7.99. The van der Waals surface area contributed by atoms with Crippen LogP contribution in [-0.4, -0.2) is 78.1 Å². The molecular formula is C26H30N2O7. The van der Waals surface area contributed by atoms with Crippen LogP contribution in [0.5, 0.6) is 0 Å². The molecule has 0 radical (unpaired) electrons. The molecule has 2 amide bonds. The molecule has 0 bridgehead atoms. The highest BCUT2D eigenvalue weighted by Crippen LogP contribution is 2.44. The van der Waals surface area contributed by atoms with E-state index in [0.717, 1.165) is 22.3 Å². The van der Waals surface area contributed by atoms with Crippen molar-refractivity contribution in [2.24, 2.45) is 0 Å². The molecule has 1 saturated heterocycles. The fourth-order valence-corrected chi connectivity index (χ4v) is 4.84. The van der Waals surface area contributed by atoms with E-state index in [1.165, 1.54) is 0 Å². The zero-order chi connectivity index (χ0) is 24.8. The number of rotatable bonds is 9. The summed E-state index contributed by atoms with van der Waals surface area (Å²) < 4.78 is 11.0. The molecule has 186 valence electrons. The number of morpholine rings is 1. The third-order valence-corrected chi connectivity index (χ3v) is 6.55. The quantitative estimate of drug-likeness (QED) is 0.501. The van der Waals surface area contributed by atoms with Crippen molar-refractivity contribution in [3.05, 3.63) is 59.7 Å². The van der Waals surface area contributed by atoms with Gasteiger partial charge in [0.25, 0.3) is 0 Å². The summed E-state index contributed by atoms with van der Waals surface area (Å²) in [5.41, 5.74) is 4.35. The molecule has 9 heteroatoms. The molecule has 3 N–H and O–H groups in total. The van der Waals surface area contributed by atoms with E-state index in [9.17, 15) is 19.5 Å². The maximum absolute atomic E-state index is 13.2. The smallest absolute Gasteiger partial charge is 0.407 e. The number of aliphatic carboxylic acids is 1. The zero-order valence-electron chi connectivity index (χ0n) is 19.4. The van der Waals surface area contributed by atoms with Crippen molar-refractivity contribution in [1.82, 2.24) is 10.2 Å². The van der Waals surface area contributed by atoms with E-state index in [-0.39, 0.29) is 44.6 Å². The number of carboxylic acids is 1. The van der Waals surface area contributed by atoms with Gasteiger partial charge in [-0.05, 0) is 35.1 Å². The zero-order valence-corrected chi connectivity index (χ0v) is 19.4. The van der Waals surface area contributed by atoms with Crippen molar-refractivity contribution >= 4 is 18.0 Å². The number of nitrogens with one attached hydrogen (secondary N) is 1. The number of nitrogens with zero attached hydrogens (tertiary/aromatic N) is 1. The Morgan fingerprint density at radius 1 is 1.09 bits per heavy atom. The third kappa shape index (κ3) is 5.63. The molecule has 1 aliphatic carbocycles. The van der Waals surface area contributed by atoms with E-state index >= 15 is 0 Å². The van der Waals surface area contributed by atoms with Crippen LogP contribution in [0.2, 0.25) is 0 Å². The van der Waals surface area contributed by atoms with Gasteiger partial charge in [-0.15, -0.1) is 0 Å². The van der Waals surface area contributed by atoms with Gasteiger partial charge in [0, 0.05) is 25.5 Å². The Bertz CT molecular complexity index is 1030. The lowest BCUT2D eigenvalue weighted by Crippen LogP contribution is -2.56. The maximum atomic E-state index is 13.2. The first-order valence-electron chi connectivity index (χ1n) is 11.8. The molecule has 0 spiro atoms. The molecule has 9 nitrogen and oxygen atoms in total. The van der Waals surface area contributed by atoms with Gasteiger partial charge < -0.3 is 29.9 Å². The van der Waals surface area contributed by atoms with Crippen LogP contribution in [0.4, 0.5) is 4.79 Å². The third-order valence-electron chi connectivity index (χ3n) is 6.55. The van der Waals surface area contributed by atoms with E-state index in [1.54, 1.807) is 4.90 Å². The molecule has 4 rings (SSSR count). The maximum Gasteiger partial charge on any atom is 0.407 e. The highest BCUT2D eigenvalue weighted by molar-refractivity contribution is 5.86. The SMILES string of the molecule is O=C(O)CCC(NC(=O)OCC1c2ccccc2-c2ccccc21)C(=O)N1CCOCC1CCO. The number of hydrogen-bond donors (Lipinski definition) is 3. The molecular weight excluding hydrogens is 452 g/mol. The van der Waals surface area contributed by atoms with Gasteiger partial charge in [-0.1, -0.05) is 48.5 Å². The highest BCUT2D eigenvalue weighted by atomic mass is 16.5. The van der Waals surface area contributed by atoms with Crippen LogP contribution in [-0.2, 0) is 19.1 Å². The number of benzene rings is 2. The minimum Gasteiger partial charge on any atom is -0.481 e. The largest absolute Gasteiger partial charge is 0.481 e. The fraction of sp³-hybridized carbons (Fsp3) is 0.423. The van der Waals surface area contributed by atoms with Gasteiger partial charge in [-0.3, -0.25) is 9.59 Å². The Morgan fingerprint density at radius 2 is 1.74 bits per heavy atom. The number of aliphatic hydroxyl groups excluding tert-OH is 1. The van der Waals surface area contributed by atoms with Gasteiger partial charge in [0.1, 0.15) is 12.6 Å².